The van der Waals surface area contributed by atoms with Crippen molar-refractivity contribution in [1.29, 1.82) is 0 Å². The normalized spacial score (nSPS) is 12.8. The summed E-state index contributed by atoms with van der Waals surface area (Å²) in [5.41, 5.74) is 8.68. The molecule has 0 saturated heterocycles. The number of rotatable bonds is 3. The summed E-state index contributed by atoms with van der Waals surface area (Å²) >= 11 is 0. The fraction of sp³-hybridized carbons (Fsp3) is 0.400. The van der Waals surface area contributed by atoms with Gasteiger partial charge in [-0.05, 0) is 30.2 Å². The molecule has 0 fully saturated rings. The first-order valence-electron chi connectivity index (χ1n) is 4.27. The maximum Gasteiger partial charge on any atom is 0.0885 e. The van der Waals surface area contributed by atoms with Gasteiger partial charge in [0.2, 0.25) is 0 Å². The van der Waals surface area contributed by atoms with E-state index in [0.717, 1.165) is 11.3 Å². The van der Waals surface area contributed by atoms with E-state index in [9.17, 15) is 0 Å². The average molecular weight is 181 g/mol. The van der Waals surface area contributed by atoms with Crippen molar-refractivity contribution in [1.82, 2.24) is 0 Å². The van der Waals surface area contributed by atoms with Crippen LogP contribution in [-0.2, 0) is 4.89 Å². The van der Waals surface area contributed by atoms with Crippen LogP contribution in [-0.4, -0.2) is 11.9 Å². The molecule has 0 spiro atoms. The van der Waals surface area contributed by atoms with Crippen LogP contribution in [0.15, 0.2) is 18.2 Å². The summed E-state index contributed by atoms with van der Waals surface area (Å²) in [4.78, 5) is 4.11. The third-order valence-electron chi connectivity index (χ3n) is 2.16. The quantitative estimate of drug-likeness (QED) is 0.427. The fourth-order valence-electron chi connectivity index (χ4n) is 1.39. The van der Waals surface area contributed by atoms with Gasteiger partial charge in [-0.15, -0.1) is 0 Å². The van der Waals surface area contributed by atoms with Crippen LogP contribution < -0.4 is 5.73 Å². The Kier molecular flexibility index (Phi) is 3.28. The summed E-state index contributed by atoms with van der Waals surface area (Å²) in [6.45, 7) is 4.30. The number of nitrogen functional groups attached to an aromatic ring is 1. The molecule has 13 heavy (non-hydrogen) atoms. The second kappa shape index (κ2) is 4.25. The van der Waals surface area contributed by atoms with Gasteiger partial charge in [0.25, 0.3) is 0 Å². The Hall–Kier alpha value is -1.06. The van der Waals surface area contributed by atoms with E-state index >= 15 is 0 Å². The molecule has 0 aromatic heterocycles. The van der Waals surface area contributed by atoms with E-state index in [-0.39, 0.29) is 5.92 Å². The van der Waals surface area contributed by atoms with Crippen LogP contribution in [0.1, 0.15) is 24.0 Å². The molecule has 0 aliphatic rings. The van der Waals surface area contributed by atoms with Crippen LogP contribution in [0, 0.1) is 6.92 Å². The molecule has 3 N–H and O–H groups in total. The molecule has 1 atom stereocenters. The van der Waals surface area contributed by atoms with Crippen molar-refractivity contribution in [3.8, 4) is 0 Å². The summed E-state index contributed by atoms with van der Waals surface area (Å²) in [5.74, 6) is 0.161. The number of aryl methyl sites for hydroxylation is 1. The molecule has 0 aliphatic carbocycles. The first-order valence-corrected chi connectivity index (χ1v) is 4.27. The molecular formula is C10H15NO2. The highest BCUT2D eigenvalue weighted by Crippen LogP contribution is 2.21. The molecule has 0 amide bonds. The number of hydrogen-bond donors (Lipinski definition) is 2. The van der Waals surface area contributed by atoms with Crippen molar-refractivity contribution >= 4 is 5.69 Å². The number of hydrogen-bond acceptors (Lipinski definition) is 3. The van der Waals surface area contributed by atoms with Crippen LogP contribution in [0.2, 0.25) is 0 Å². The summed E-state index contributed by atoms with van der Waals surface area (Å²) in [7, 11) is 0. The summed E-state index contributed by atoms with van der Waals surface area (Å²) < 4.78 is 0. The van der Waals surface area contributed by atoms with Crippen LogP contribution in [0.5, 0.6) is 0 Å². The predicted molar refractivity (Wildman–Crippen MR) is 52.6 cm³/mol. The molecular weight excluding hydrogens is 166 g/mol. The minimum atomic E-state index is 0.161. The van der Waals surface area contributed by atoms with Crippen molar-refractivity contribution in [2.24, 2.45) is 0 Å². The van der Waals surface area contributed by atoms with Crippen molar-refractivity contribution in [3.05, 3.63) is 29.3 Å². The smallest absolute Gasteiger partial charge is 0.0885 e. The lowest BCUT2D eigenvalue weighted by Gasteiger charge is -2.13. The van der Waals surface area contributed by atoms with E-state index < -0.39 is 0 Å². The number of anilines is 1. The Bertz CT molecular complexity index is 286. The monoisotopic (exact) mass is 181 g/mol. The Morgan fingerprint density at radius 2 is 2.23 bits per heavy atom. The molecule has 3 nitrogen and oxygen atoms in total. The third-order valence-corrected chi connectivity index (χ3v) is 2.16. The van der Waals surface area contributed by atoms with Crippen molar-refractivity contribution in [3.63, 3.8) is 0 Å². The second-order valence-electron chi connectivity index (χ2n) is 3.31. The third kappa shape index (κ3) is 2.44. The maximum absolute atomic E-state index is 8.33. The molecule has 1 rings (SSSR count). The van der Waals surface area contributed by atoms with E-state index in [1.54, 1.807) is 0 Å². The van der Waals surface area contributed by atoms with Crippen LogP contribution in [0.25, 0.3) is 0 Å². The van der Waals surface area contributed by atoms with Crippen LogP contribution in [0.3, 0.4) is 0 Å². The highest BCUT2D eigenvalue weighted by molar-refractivity contribution is 5.45. The van der Waals surface area contributed by atoms with Gasteiger partial charge in [0.05, 0.1) is 6.61 Å². The molecule has 3 heteroatoms. The van der Waals surface area contributed by atoms with E-state index in [1.165, 1.54) is 5.56 Å². The van der Waals surface area contributed by atoms with Gasteiger partial charge in [-0.3, -0.25) is 5.26 Å². The van der Waals surface area contributed by atoms with Gasteiger partial charge >= 0.3 is 0 Å². The zero-order valence-electron chi connectivity index (χ0n) is 7.95. The topological polar surface area (TPSA) is 55.5 Å². The van der Waals surface area contributed by atoms with E-state index in [2.05, 4.69) is 4.89 Å². The lowest BCUT2D eigenvalue weighted by Crippen LogP contribution is -2.04. The van der Waals surface area contributed by atoms with Crippen molar-refractivity contribution < 1.29 is 10.1 Å². The van der Waals surface area contributed by atoms with Gasteiger partial charge in [0, 0.05) is 11.6 Å². The van der Waals surface area contributed by atoms with E-state index in [0.29, 0.717) is 6.61 Å². The fourth-order valence-corrected chi connectivity index (χ4v) is 1.39. The van der Waals surface area contributed by atoms with Gasteiger partial charge in [-0.1, -0.05) is 13.0 Å². The van der Waals surface area contributed by atoms with Gasteiger partial charge in [0.15, 0.2) is 0 Å². The minimum Gasteiger partial charge on any atom is -0.399 e. The van der Waals surface area contributed by atoms with Gasteiger partial charge in [0.1, 0.15) is 0 Å². The second-order valence-corrected chi connectivity index (χ2v) is 3.31. The SMILES string of the molecule is Cc1ccc(N)cc1C(C)COO. The molecule has 0 heterocycles. The van der Waals surface area contributed by atoms with Gasteiger partial charge < -0.3 is 5.73 Å². The van der Waals surface area contributed by atoms with Crippen molar-refractivity contribution in [2.75, 3.05) is 12.3 Å². The first-order chi connectivity index (χ1) is 6.15. The highest BCUT2D eigenvalue weighted by Gasteiger charge is 2.08. The van der Waals surface area contributed by atoms with Crippen LogP contribution in [0.4, 0.5) is 5.69 Å². The van der Waals surface area contributed by atoms with Crippen LogP contribution >= 0.6 is 0 Å². The Morgan fingerprint density at radius 1 is 1.54 bits per heavy atom. The molecule has 0 bridgehead atoms. The Balaban J connectivity index is 2.91. The largest absolute Gasteiger partial charge is 0.399 e. The lowest BCUT2D eigenvalue weighted by atomic mass is 9.97. The maximum atomic E-state index is 8.33. The molecule has 1 aromatic rings. The van der Waals surface area contributed by atoms with Crippen molar-refractivity contribution in [2.45, 2.75) is 19.8 Å². The summed E-state index contributed by atoms with van der Waals surface area (Å²) in [5, 5.41) is 8.33. The van der Waals surface area contributed by atoms with E-state index in [4.69, 9.17) is 11.0 Å². The molecule has 1 unspecified atom stereocenters. The number of nitrogens with two attached hydrogens (primary N) is 1. The zero-order valence-corrected chi connectivity index (χ0v) is 7.95. The molecule has 0 saturated carbocycles. The predicted octanol–water partition coefficient (Wildman–Crippen LogP) is 2.17. The Morgan fingerprint density at radius 3 is 2.85 bits per heavy atom. The lowest BCUT2D eigenvalue weighted by molar-refractivity contribution is -0.245. The number of benzene rings is 1. The van der Waals surface area contributed by atoms with Gasteiger partial charge in [-0.2, -0.15) is 0 Å². The zero-order chi connectivity index (χ0) is 9.84. The Labute approximate surface area is 78.1 Å². The average Bonchev–Trinajstić information content (AvgIpc) is 2.09. The van der Waals surface area contributed by atoms with Gasteiger partial charge in [-0.25, -0.2) is 4.89 Å². The minimum absolute atomic E-state index is 0.161. The standard InChI is InChI=1S/C10H15NO2/c1-7-3-4-9(11)5-10(7)8(2)6-13-12/h3-5,8,12H,6,11H2,1-2H3. The highest BCUT2D eigenvalue weighted by atomic mass is 17.1. The molecule has 0 aliphatic heterocycles. The summed E-state index contributed by atoms with van der Waals surface area (Å²) in [6, 6.07) is 5.75. The molecule has 0 radical (unpaired) electrons. The van der Waals surface area contributed by atoms with E-state index in [1.807, 2.05) is 32.0 Å². The summed E-state index contributed by atoms with van der Waals surface area (Å²) in [6.07, 6.45) is 0. The first kappa shape index (κ1) is 10.0. The molecule has 1 aromatic carbocycles. The molecule has 72 valence electrons.